The molecule has 14 heavy (non-hydrogen) atoms. The third-order valence-corrected chi connectivity index (χ3v) is 1.83. The number of alkyl halides is 2. The van der Waals surface area contributed by atoms with Gasteiger partial charge in [0.15, 0.2) is 0 Å². The minimum Gasteiger partial charge on any atom is -0.326 e. The van der Waals surface area contributed by atoms with Crippen LogP contribution in [0.1, 0.15) is 28.0 Å². The number of nitrogens with zero attached hydrogens (tertiary/aromatic N) is 1. The molecule has 0 unspecified atom stereocenters. The number of nitrogens with two attached hydrogens (primary N) is 1. The van der Waals surface area contributed by atoms with Gasteiger partial charge in [0.2, 0.25) is 0 Å². The molecule has 0 aliphatic rings. The molecule has 0 spiro atoms. The molecule has 0 aliphatic heterocycles. The van der Waals surface area contributed by atoms with Crippen molar-refractivity contribution in [3.8, 4) is 0 Å². The van der Waals surface area contributed by atoms with E-state index in [1.807, 2.05) is 0 Å². The Balaban J connectivity index is 3.24. The fraction of sp³-hybridized carbons (Fsp3) is 0.250. The molecule has 1 rings (SSSR count). The van der Waals surface area contributed by atoms with Crippen LogP contribution in [0.3, 0.4) is 0 Å². The van der Waals surface area contributed by atoms with Crippen LogP contribution >= 0.6 is 11.6 Å². The number of carbonyl (C=O) groups is 1. The van der Waals surface area contributed by atoms with Gasteiger partial charge < -0.3 is 5.73 Å². The molecule has 0 saturated heterocycles. The molecule has 0 amide bonds. The minimum atomic E-state index is -2.82. The highest BCUT2D eigenvalue weighted by atomic mass is 35.5. The number of hydrogen-bond acceptors (Lipinski definition) is 3. The summed E-state index contributed by atoms with van der Waals surface area (Å²) in [4.78, 5) is 14.2. The zero-order valence-electron chi connectivity index (χ0n) is 7.01. The Morgan fingerprint density at radius 2 is 2.29 bits per heavy atom. The van der Waals surface area contributed by atoms with E-state index in [0.717, 1.165) is 0 Å². The van der Waals surface area contributed by atoms with Gasteiger partial charge in [0.05, 0.1) is 5.56 Å². The molecule has 0 saturated carbocycles. The Labute approximate surface area is 83.9 Å². The van der Waals surface area contributed by atoms with Gasteiger partial charge in [-0.15, -0.1) is 0 Å². The molecule has 1 heterocycles. The molecule has 0 aliphatic carbocycles. The first kappa shape index (κ1) is 11.0. The first-order valence-electron chi connectivity index (χ1n) is 3.73. The Morgan fingerprint density at radius 1 is 1.64 bits per heavy atom. The van der Waals surface area contributed by atoms with Gasteiger partial charge in [-0.25, -0.2) is 8.78 Å². The van der Waals surface area contributed by atoms with Gasteiger partial charge in [-0.05, 0) is 23.2 Å². The van der Waals surface area contributed by atoms with Gasteiger partial charge in [0, 0.05) is 12.7 Å². The number of halogens is 3. The zero-order chi connectivity index (χ0) is 10.7. The normalized spacial score (nSPS) is 10.6. The van der Waals surface area contributed by atoms with E-state index < -0.39 is 17.4 Å². The summed E-state index contributed by atoms with van der Waals surface area (Å²) in [6.45, 7) is 0.119. The van der Waals surface area contributed by atoms with Crippen molar-refractivity contribution in [3.05, 3.63) is 29.1 Å². The zero-order valence-corrected chi connectivity index (χ0v) is 7.76. The summed E-state index contributed by atoms with van der Waals surface area (Å²) in [6, 6.07) is 1.23. The number of hydrogen-bond donors (Lipinski definition) is 1. The summed E-state index contributed by atoms with van der Waals surface area (Å²) in [6.07, 6.45) is -1.62. The highest BCUT2D eigenvalue weighted by molar-refractivity contribution is 6.67. The molecular weight excluding hydrogens is 214 g/mol. The SMILES string of the molecule is NCc1cnc(C(F)F)c(C(=O)Cl)c1. The highest BCUT2D eigenvalue weighted by Crippen LogP contribution is 2.22. The number of pyridine rings is 1. The predicted molar refractivity (Wildman–Crippen MR) is 47.3 cm³/mol. The van der Waals surface area contributed by atoms with E-state index in [1.165, 1.54) is 12.3 Å². The molecule has 0 bridgehead atoms. The van der Waals surface area contributed by atoms with Crippen molar-refractivity contribution < 1.29 is 13.6 Å². The van der Waals surface area contributed by atoms with Crippen LogP contribution in [-0.4, -0.2) is 10.2 Å². The molecule has 0 aromatic carbocycles. The number of rotatable bonds is 3. The van der Waals surface area contributed by atoms with Gasteiger partial charge in [0.1, 0.15) is 5.69 Å². The lowest BCUT2D eigenvalue weighted by Gasteiger charge is -2.05. The van der Waals surface area contributed by atoms with E-state index in [9.17, 15) is 13.6 Å². The Morgan fingerprint density at radius 3 is 2.71 bits per heavy atom. The summed E-state index contributed by atoms with van der Waals surface area (Å²) >= 11 is 5.13. The largest absolute Gasteiger partial charge is 0.326 e. The molecule has 6 heteroatoms. The van der Waals surface area contributed by atoms with Crippen molar-refractivity contribution in [3.63, 3.8) is 0 Å². The second-order valence-corrected chi connectivity index (χ2v) is 2.90. The third-order valence-electron chi connectivity index (χ3n) is 1.63. The predicted octanol–water partition coefficient (Wildman–Crippen LogP) is 1.86. The van der Waals surface area contributed by atoms with Crippen molar-refractivity contribution in [2.45, 2.75) is 13.0 Å². The van der Waals surface area contributed by atoms with Gasteiger partial charge in [-0.1, -0.05) is 0 Å². The number of carbonyl (C=O) groups excluding carboxylic acids is 1. The van der Waals surface area contributed by atoms with Crippen LogP contribution in [0.4, 0.5) is 8.78 Å². The highest BCUT2D eigenvalue weighted by Gasteiger charge is 2.18. The van der Waals surface area contributed by atoms with E-state index in [0.29, 0.717) is 5.56 Å². The maximum Gasteiger partial charge on any atom is 0.281 e. The average Bonchev–Trinajstić information content (AvgIpc) is 2.16. The molecule has 2 N–H and O–H groups in total. The van der Waals surface area contributed by atoms with E-state index in [1.54, 1.807) is 0 Å². The molecular formula is C8H7ClF2N2O. The second-order valence-electron chi connectivity index (χ2n) is 2.55. The summed E-state index contributed by atoms with van der Waals surface area (Å²) in [5, 5.41) is -0.955. The minimum absolute atomic E-state index is 0.119. The lowest BCUT2D eigenvalue weighted by Crippen LogP contribution is -2.05. The molecule has 1 aromatic rings. The van der Waals surface area contributed by atoms with Crippen molar-refractivity contribution in [1.29, 1.82) is 0 Å². The van der Waals surface area contributed by atoms with E-state index in [4.69, 9.17) is 17.3 Å². The maximum atomic E-state index is 12.3. The molecule has 3 nitrogen and oxygen atoms in total. The summed E-state index contributed by atoms with van der Waals surface area (Å²) in [5.41, 5.74) is 4.85. The summed E-state index contributed by atoms with van der Waals surface area (Å²) in [7, 11) is 0. The Kier molecular flexibility index (Phi) is 3.49. The topological polar surface area (TPSA) is 56.0 Å². The lowest BCUT2D eigenvalue weighted by atomic mass is 10.1. The van der Waals surface area contributed by atoms with Crippen molar-refractivity contribution in [2.75, 3.05) is 0 Å². The van der Waals surface area contributed by atoms with Crippen LogP contribution in [-0.2, 0) is 6.54 Å². The molecule has 1 aromatic heterocycles. The van der Waals surface area contributed by atoms with Crippen LogP contribution in [0.2, 0.25) is 0 Å². The van der Waals surface area contributed by atoms with Crippen LogP contribution in [0, 0.1) is 0 Å². The average molecular weight is 221 g/mol. The van der Waals surface area contributed by atoms with Gasteiger partial charge in [0.25, 0.3) is 11.7 Å². The van der Waals surface area contributed by atoms with Crippen LogP contribution < -0.4 is 5.73 Å². The Bertz CT molecular complexity index is 357. The van der Waals surface area contributed by atoms with Gasteiger partial charge in [-0.3, -0.25) is 9.78 Å². The van der Waals surface area contributed by atoms with Crippen LogP contribution in [0.15, 0.2) is 12.3 Å². The van der Waals surface area contributed by atoms with Crippen molar-refractivity contribution >= 4 is 16.8 Å². The summed E-state index contributed by atoms with van der Waals surface area (Å²) in [5.74, 6) is 0. The fourth-order valence-electron chi connectivity index (χ4n) is 0.962. The maximum absolute atomic E-state index is 12.3. The van der Waals surface area contributed by atoms with Gasteiger partial charge >= 0.3 is 0 Å². The van der Waals surface area contributed by atoms with Crippen molar-refractivity contribution in [1.82, 2.24) is 4.98 Å². The first-order valence-corrected chi connectivity index (χ1v) is 4.11. The van der Waals surface area contributed by atoms with E-state index >= 15 is 0 Å². The molecule has 0 radical (unpaired) electrons. The first-order chi connectivity index (χ1) is 6.56. The third kappa shape index (κ3) is 2.24. The number of aromatic nitrogens is 1. The Hall–Kier alpha value is -1.07. The van der Waals surface area contributed by atoms with Gasteiger partial charge in [-0.2, -0.15) is 0 Å². The van der Waals surface area contributed by atoms with Crippen LogP contribution in [0.5, 0.6) is 0 Å². The standard InChI is InChI=1S/C8H7ClF2N2O/c9-7(14)5-1-4(2-12)3-13-6(5)8(10)11/h1,3,8H,2,12H2. The van der Waals surface area contributed by atoms with Crippen molar-refractivity contribution in [2.24, 2.45) is 5.73 Å². The quantitative estimate of drug-likeness (QED) is 0.791. The molecule has 0 atom stereocenters. The van der Waals surface area contributed by atoms with Crippen LogP contribution in [0.25, 0.3) is 0 Å². The monoisotopic (exact) mass is 220 g/mol. The molecule has 0 fully saturated rings. The fourth-order valence-corrected chi connectivity index (χ4v) is 1.11. The molecule has 76 valence electrons. The van der Waals surface area contributed by atoms with E-state index in [-0.39, 0.29) is 12.1 Å². The summed E-state index contributed by atoms with van der Waals surface area (Å²) < 4.78 is 24.6. The smallest absolute Gasteiger partial charge is 0.281 e. The lowest BCUT2D eigenvalue weighted by molar-refractivity contribution is 0.106. The second kappa shape index (κ2) is 4.43. The van der Waals surface area contributed by atoms with E-state index in [2.05, 4.69) is 4.98 Å².